The fraction of sp³-hybridized carbons (Fsp3) is 0.333. The molecule has 0 bridgehead atoms. The first-order chi connectivity index (χ1) is 12.3. The molecule has 130 valence electrons. The molecule has 1 fully saturated rings. The molecular formula is C18H20N4O3. The van der Waals surface area contributed by atoms with Crippen LogP contribution in [0.1, 0.15) is 5.89 Å². The lowest BCUT2D eigenvalue weighted by atomic mass is 10.2. The predicted octanol–water partition coefficient (Wildman–Crippen LogP) is 2.66. The highest BCUT2D eigenvalue weighted by atomic mass is 16.5. The summed E-state index contributed by atoms with van der Waals surface area (Å²) < 4.78 is 15.9. The van der Waals surface area contributed by atoms with Crippen LogP contribution in [-0.4, -0.2) is 48.3 Å². The van der Waals surface area contributed by atoms with Gasteiger partial charge >= 0.3 is 0 Å². The molecule has 4 rings (SSSR count). The van der Waals surface area contributed by atoms with Crippen LogP contribution >= 0.6 is 0 Å². The van der Waals surface area contributed by atoms with E-state index < -0.39 is 0 Å². The summed E-state index contributed by atoms with van der Waals surface area (Å²) in [4.78, 5) is 9.08. The van der Waals surface area contributed by atoms with Gasteiger partial charge in [0.1, 0.15) is 5.75 Å². The summed E-state index contributed by atoms with van der Waals surface area (Å²) in [6, 6.07) is 11.8. The number of hydrogen-bond donors (Lipinski definition) is 0. The molecule has 25 heavy (non-hydrogen) atoms. The van der Waals surface area contributed by atoms with Crippen molar-refractivity contribution in [2.24, 2.45) is 0 Å². The van der Waals surface area contributed by atoms with Gasteiger partial charge < -0.3 is 18.6 Å². The number of aromatic nitrogens is 2. The second-order valence-corrected chi connectivity index (χ2v) is 5.95. The number of benzene rings is 1. The smallest absolute Gasteiger partial charge is 0.241 e. The molecule has 3 heterocycles. The Kier molecular flexibility index (Phi) is 4.39. The van der Waals surface area contributed by atoms with Gasteiger partial charge in [-0.15, -0.1) is 0 Å². The highest BCUT2D eigenvalue weighted by Gasteiger charge is 2.20. The molecule has 1 aromatic carbocycles. The van der Waals surface area contributed by atoms with Crippen molar-refractivity contribution in [3.05, 3.63) is 48.6 Å². The lowest BCUT2D eigenvalue weighted by Crippen LogP contribution is -2.46. The maximum absolute atomic E-state index is 5.34. The molecule has 0 N–H and O–H groups in total. The topological polar surface area (TPSA) is 67.8 Å². The molecular weight excluding hydrogens is 320 g/mol. The summed E-state index contributed by atoms with van der Waals surface area (Å²) >= 11 is 0. The fourth-order valence-corrected chi connectivity index (χ4v) is 2.99. The zero-order chi connectivity index (χ0) is 17.1. The first-order valence-corrected chi connectivity index (χ1v) is 8.29. The number of methoxy groups -OCH3 is 1. The van der Waals surface area contributed by atoms with Crippen LogP contribution in [0.15, 0.2) is 51.6 Å². The van der Waals surface area contributed by atoms with Crippen molar-refractivity contribution in [1.82, 2.24) is 15.0 Å². The minimum atomic E-state index is 0.495. The Hall–Kier alpha value is -2.80. The van der Waals surface area contributed by atoms with Crippen LogP contribution in [0.3, 0.4) is 0 Å². The number of rotatable bonds is 5. The average molecular weight is 340 g/mol. The van der Waals surface area contributed by atoms with Gasteiger partial charge in [0, 0.05) is 37.9 Å². The summed E-state index contributed by atoms with van der Waals surface area (Å²) in [5, 5.41) is 3.97. The van der Waals surface area contributed by atoms with Gasteiger partial charge in [-0.2, -0.15) is 4.98 Å². The van der Waals surface area contributed by atoms with Crippen LogP contribution < -0.4 is 9.64 Å². The molecule has 7 nitrogen and oxygen atoms in total. The zero-order valence-electron chi connectivity index (χ0n) is 14.1. The molecule has 1 saturated heterocycles. The van der Waals surface area contributed by atoms with E-state index >= 15 is 0 Å². The Morgan fingerprint density at radius 3 is 2.76 bits per heavy atom. The van der Waals surface area contributed by atoms with E-state index in [0.717, 1.165) is 31.9 Å². The summed E-state index contributed by atoms with van der Waals surface area (Å²) in [6.07, 6.45) is 1.60. The summed E-state index contributed by atoms with van der Waals surface area (Å²) in [7, 11) is 1.69. The largest absolute Gasteiger partial charge is 0.497 e. The number of hydrogen-bond acceptors (Lipinski definition) is 7. The zero-order valence-corrected chi connectivity index (χ0v) is 14.1. The van der Waals surface area contributed by atoms with Crippen molar-refractivity contribution in [3.8, 4) is 17.3 Å². The number of piperazine rings is 1. The number of furan rings is 1. The van der Waals surface area contributed by atoms with E-state index in [2.05, 4.69) is 32.1 Å². The quantitative estimate of drug-likeness (QED) is 0.707. The molecule has 0 amide bonds. The normalized spacial score (nSPS) is 15.5. The van der Waals surface area contributed by atoms with E-state index in [0.29, 0.717) is 24.0 Å². The van der Waals surface area contributed by atoms with Gasteiger partial charge in [0.25, 0.3) is 0 Å². The van der Waals surface area contributed by atoms with E-state index in [9.17, 15) is 0 Å². The SMILES string of the molecule is COc1cccc(N2CCN(Cc3nc(-c4ccco4)no3)CC2)c1. The van der Waals surface area contributed by atoms with Crippen molar-refractivity contribution in [1.29, 1.82) is 0 Å². The summed E-state index contributed by atoms with van der Waals surface area (Å²) in [6.45, 7) is 4.43. The van der Waals surface area contributed by atoms with Crippen LogP contribution in [0.5, 0.6) is 5.75 Å². The maximum atomic E-state index is 5.34. The van der Waals surface area contributed by atoms with E-state index in [1.54, 1.807) is 13.4 Å². The molecule has 2 aromatic heterocycles. The Balaban J connectivity index is 1.34. The minimum absolute atomic E-state index is 0.495. The Labute approximate surface area is 145 Å². The highest BCUT2D eigenvalue weighted by Crippen LogP contribution is 2.22. The molecule has 1 aliphatic heterocycles. The van der Waals surface area contributed by atoms with Crippen molar-refractivity contribution in [3.63, 3.8) is 0 Å². The molecule has 0 saturated carbocycles. The van der Waals surface area contributed by atoms with Crippen molar-refractivity contribution >= 4 is 5.69 Å². The first kappa shape index (κ1) is 15.7. The molecule has 0 unspecified atom stereocenters. The second-order valence-electron chi connectivity index (χ2n) is 5.95. The molecule has 1 aliphatic rings. The molecule has 0 spiro atoms. The lowest BCUT2D eigenvalue weighted by molar-refractivity contribution is 0.215. The van der Waals surface area contributed by atoms with Gasteiger partial charge in [0.15, 0.2) is 5.76 Å². The maximum Gasteiger partial charge on any atom is 0.241 e. The first-order valence-electron chi connectivity index (χ1n) is 8.29. The molecule has 0 atom stereocenters. The van der Waals surface area contributed by atoms with Crippen LogP contribution in [0.2, 0.25) is 0 Å². The molecule has 7 heteroatoms. The average Bonchev–Trinajstić information content (AvgIpc) is 3.34. The van der Waals surface area contributed by atoms with Gasteiger partial charge in [-0.25, -0.2) is 0 Å². The Morgan fingerprint density at radius 2 is 2.00 bits per heavy atom. The van der Waals surface area contributed by atoms with E-state index in [1.807, 2.05) is 24.3 Å². The molecule has 3 aromatic rings. The third-order valence-corrected chi connectivity index (χ3v) is 4.36. The Morgan fingerprint density at radius 1 is 1.12 bits per heavy atom. The van der Waals surface area contributed by atoms with Gasteiger partial charge in [0.05, 0.1) is 19.9 Å². The fourth-order valence-electron chi connectivity index (χ4n) is 2.99. The van der Waals surface area contributed by atoms with Gasteiger partial charge in [-0.1, -0.05) is 11.2 Å². The molecule has 0 radical (unpaired) electrons. The van der Waals surface area contributed by atoms with Gasteiger partial charge in [-0.3, -0.25) is 4.90 Å². The van der Waals surface area contributed by atoms with Gasteiger partial charge in [-0.05, 0) is 24.3 Å². The van der Waals surface area contributed by atoms with Crippen molar-refractivity contribution in [2.75, 3.05) is 38.2 Å². The van der Waals surface area contributed by atoms with Crippen LogP contribution in [0, 0.1) is 0 Å². The summed E-state index contributed by atoms with van der Waals surface area (Å²) in [5.74, 6) is 2.62. The Bertz CT molecular complexity index is 807. The van der Waals surface area contributed by atoms with Crippen LogP contribution in [0.25, 0.3) is 11.6 Å². The number of ether oxygens (including phenoxy) is 1. The monoisotopic (exact) mass is 340 g/mol. The predicted molar refractivity (Wildman–Crippen MR) is 92.5 cm³/mol. The lowest BCUT2D eigenvalue weighted by Gasteiger charge is -2.35. The highest BCUT2D eigenvalue weighted by molar-refractivity contribution is 5.51. The van der Waals surface area contributed by atoms with Crippen molar-refractivity contribution < 1.29 is 13.7 Å². The molecule has 0 aliphatic carbocycles. The number of anilines is 1. The van der Waals surface area contributed by atoms with Crippen molar-refractivity contribution in [2.45, 2.75) is 6.54 Å². The van der Waals surface area contributed by atoms with Crippen LogP contribution in [0.4, 0.5) is 5.69 Å². The van der Waals surface area contributed by atoms with Gasteiger partial charge in [0.2, 0.25) is 11.7 Å². The van der Waals surface area contributed by atoms with E-state index in [-0.39, 0.29) is 0 Å². The van der Waals surface area contributed by atoms with Crippen LogP contribution in [-0.2, 0) is 6.54 Å². The minimum Gasteiger partial charge on any atom is -0.497 e. The second kappa shape index (κ2) is 6.98. The third kappa shape index (κ3) is 3.51. The number of nitrogens with zero attached hydrogens (tertiary/aromatic N) is 4. The standard InChI is InChI=1S/C18H20N4O3/c1-23-15-5-2-4-14(12-15)22-9-7-21(8-10-22)13-17-19-18(20-25-17)16-6-3-11-24-16/h2-6,11-12H,7-10,13H2,1H3. The summed E-state index contributed by atoms with van der Waals surface area (Å²) in [5.41, 5.74) is 1.19. The van der Waals surface area contributed by atoms with E-state index in [1.165, 1.54) is 5.69 Å². The third-order valence-electron chi connectivity index (χ3n) is 4.36. The van der Waals surface area contributed by atoms with E-state index in [4.69, 9.17) is 13.7 Å².